The molecule has 2 nitrogen and oxygen atoms in total. The molecule has 1 atom stereocenters. The highest BCUT2D eigenvalue weighted by atomic mass is 16.5. The van der Waals surface area contributed by atoms with Crippen LogP contribution in [0.1, 0.15) is 58.3 Å². The van der Waals surface area contributed by atoms with Crippen LogP contribution in [0.4, 0.5) is 0 Å². The van der Waals surface area contributed by atoms with E-state index in [4.69, 9.17) is 4.74 Å². The smallest absolute Gasteiger partial charge is 0.309 e. The lowest BCUT2D eigenvalue weighted by Gasteiger charge is -2.10. The van der Waals surface area contributed by atoms with Gasteiger partial charge < -0.3 is 4.74 Å². The first-order valence-corrected chi connectivity index (χ1v) is 7.24. The van der Waals surface area contributed by atoms with Crippen LogP contribution >= 0.6 is 0 Å². The van der Waals surface area contributed by atoms with Crippen molar-refractivity contribution >= 4 is 5.97 Å². The first-order valence-electron chi connectivity index (χ1n) is 7.24. The Balaban J connectivity index is 2.34. The number of esters is 1. The molecule has 0 aromatic carbocycles. The highest BCUT2D eigenvalue weighted by Crippen LogP contribution is 2.12. The van der Waals surface area contributed by atoms with Gasteiger partial charge in [-0.05, 0) is 50.9 Å². The van der Waals surface area contributed by atoms with Crippen molar-refractivity contribution in [1.29, 1.82) is 0 Å². The largest absolute Gasteiger partial charge is 0.465 e. The van der Waals surface area contributed by atoms with E-state index < -0.39 is 0 Å². The fraction of sp³-hybridized carbons (Fsp3) is 0.688. The standard InChI is InChI=1S/C16H26O2/c1-15-11-9-7-5-3-2-4-6-8-10-12-16(17)18-14-13-15/h5,7-8,10,15H,2-4,6,9,11-14H2,1H3. The van der Waals surface area contributed by atoms with Gasteiger partial charge in [0.1, 0.15) is 0 Å². The summed E-state index contributed by atoms with van der Waals surface area (Å²) in [6.07, 6.45) is 17.1. The van der Waals surface area contributed by atoms with Gasteiger partial charge >= 0.3 is 5.97 Å². The van der Waals surface area contributed by atoms with Crippen LogP contribution in [0.3, 0.4) is 0 Å². The quantitative estimate of drug-likeness (QED) is 0.470. The molecule has 0 amide bonds. The molecule has 0 radical (unpaired) electrons. The molecule has 0 saturated heterocycles. The second-order valence-electron chi connectivity index (χ2n) is 5.12. The van der Waals surface area contributed by atoms with Gasteiger partial charge in [-0.25, -0.2) is 0 Å². The molecular weight excluding hydrogens is 224 g/mol. The third-order valence-electron chi connectivity index (χ3n) is 3.31. The summed E-state index contributed by atoms with van der Waals surface area (Å²) in [5.41, 5.74) is 0. The first kappa shape index (κ1) is 15.0. The molecule has 0 aliphatic carbocycles. The third-order valence-corrected chi connectivity index (χ3v) is 3.31. The molecular formula is C16H26O2. The zero-order valence-corrected chi connectivity index (χ0v) is 11.6. The van der Waals surface area contributed by atoms with E-state index in [1.165, 1.54) is 25.7 Å². The second-order valence-corrected chi connectivity index (χ2v) is 5.12. The van der Waals surface area contributed by atoms with E-state index in [2.05, 4.69) is 25.2 Å². The van der Waals surface area contributed by atoms with Crippen LogP contribution in [0.15, 0.2) is 24.3 Å². The normalized spacial score (nSPS) is 24.7. The Morgan fingerprint density at radius 2 is 1.67 bits per heavy atom. The predicted molar refractivity (Wildman–Crippen MR) is 75.3 cm³/mol. The summed E-state index contributed by atoms with van der Waals surface area (Å²) in [5.74, 6) is 0.538. The Labute approximate surface area is 111 Å². The highest BCUT2D eigenvalue weighted by molar-refractivity contribution is 5.71. The maximum atomic E-state index is 11.4. The van der Waals surface area contributed by atoms with Gasteiger partial charge in [0, 0.05) is 0 Å². The maximum absolute atomic E-state index is 11.4. The van der Waals surface area contributed by atoms with Gasteiger partial charge in [0.25, 0.3) is 0 Å². The predicted octanol–water partition coefficient (Wildman–Crippen LogP) is 4.41. The summed E-state index contributed by atoms with van der Waals surface area (Å²) < 4.78 is 5.20. The number of allylic oxidation sites excluding steroid dienone is 3. The van der Waals surface area contributed by atoms with Crippen LogP contribution in [-0.4, -0.2) is 12.6 Å². The molecule has 0 fully saturated rings. The molecule has 18 heavy (non-hydrogen) atoms. The summed E-state index contributed by atoms with van der Waals surface area (Å²) in [4.78, 5) is 11.4. The van der Waals surface area contributed by atoms with Crippen LogP contribution < -0.4 is 0 Å². The van der Waals surface area contributed by atoms with Gasteiger partial charge in [0.15, 0.2) is 0 Å². The van der Waals surface area contributed by atoms with Gasteiger partial charge in [0.05, 0.1) is 13.0 Å². The van der Waals surface area contributed by atoms with Crippen molar-refractivity contribution in [2.75, 3.05) is 6.61 Å². The van der Waals surface area contributed by atoms with Crippen LogP contribution in [0.5, 0.6) is 0 Å². The molecule has 102 valence electrons. The topological polar surface area (TPSA) is 26.3 Å². The molecule has 1 unspecified atom stereocenters. The number of rotatable bonds is 0. The number of cyclic esters (lactones) is 1. The Morgan fingerprint density at radius 1 is 1.00 bits per heavy atom. The summed E-state index contributed by atoms with van der Waals surface area (Å²) in [6.45, 7) is 2.79. The fourth-order valence-corrected chi connectivity index (χ4v) is 2.02. The minimum Gasteiger partial charge on any atom is -0.465 e. The maximum Gasteiger partial charge on any atom is 0.309 e. The zero-order chi connectivity index (χ0) is 13.1. The van der Waals surface area contributed by atoms with Gasteiger partial charge in [0.2, 0.25) is 0 Å². The van der Waals surface area contributed by atoms with Crippen molar-refractivity contribution in [3.8, 4) is 0 Å². The summed E-state index contributed by atoms with van der Waals surface area (Å²) >= 11 is 0. The molecule has 0 aromatic heterocycles. The van der Waals surface area contributed by atoms with E-state index in [0.717, 1.165) is 19.3 Å². The van der Waals surface area contributed by atoms with E-state index in [9.17, 15) is 4.79 Å². The SMILES string of the molecule is CC1CCC=CCCCCC=CCC(=O)OCC1. The number of carbonyl (C=O) groups excluding carboxylic acids is 1. The van der Waals surface area contributed by atoms with Gasteiger partial charge in [-0.3, -0.25) is 4.79 Å². The lowest BCUT2D eigenvalue weighted by atomic mass is 10.0. The van der Waals surface area contributed by atoms with Crippen molar-refractivity contribution in [3.05, 3.63) is 24.3 Å². The number of hydrogen-bond acceptors (Lipinski definition) is 2. The summed E-state index contributed by atoms with van der Waals surface area (Å²) in [5, 5.41) is 0. The highest BCUT2D eigenvalue weighted by Gasteiger charge is 2.04. The van der Waals surface area contributed by atoms with Gasteiger partial charge in [-0.1, -0.05) is 31.2 Å². The fourth-order valence-electron chi connectivity index (χ4n) is 2.02. The zero-order valence-electron chi connectivity index (χ0n) is 11.6. The number of carbonyl (C=O) groups is 1. The number of hydrogen-bond donors (Lipinski definition) is 0. The van der Waals surface area contributed by atoms with E-state index in [1.54, 1.807) is 0 Å². The van der Waals surface area contributed by atoms with E-state index in [0.29, 0.717) is 18.9 Å². The Hall–Kier alpha value is -1.05. The van der Waals surface area contributed by atoms with Crippen LogP contribution in [0, 0.1) is 5.92 Å². The molecule has 2 heteroatoms. The van der Waals surface area contributed by atoms with Crippen molar-refractivity contribution in [2.45, 2.75) is 58.3 Å². The third kappa shape index (κ3) is 8.10. The van der Waals surface area contributed by atoms with Crippen molar-refractivity contribution in [3.63, 3.8) is 0 Å². The summed E-state index contributed by atoms with van der Waals surface area (Å²) in [6, 6.07) is 0. The Morgan fingerprint density at radius 3 is 2.44 bits per heavy atom. The molecule has 0 bridgehead atoms. The first-order chi connectivity index (χ1) is 8.79. The molecule has 1 rings (SSSR count). The van der Waals surface area contributed by atoms with Crippen LogP contribution in [0.2, 0.25) is 0 Å². The minimum atomic E-state index is -0.0922. The molecule has 0 aromatic rings. The second kappa shape index (κ2) is 9.93. The molecule has 1 aliphatic heterocycles. The molecule has 1 aliphatic rings. The Bertz CT molecular complexity index is 279. The van der Waals surface area contributed by atoms with E-state index in [1.807, 2.05) is 6.08 Å². The molecule has 0 spiro atoms. The average Bonchev–Trinajstić information content (AvgIpc) is 2.34. The van der Waals surface area contributed by atoms with E-state index >= 15 is 0 Å². The summed E-state index contributed by atoms with van der Waals surface area (Å²) in [7, 11) is 0. The van der Waals surface area contributed by atoms with Crippen LogP contribution in [-0.2, 0) is 9.53 Å². The van der Waals surface area contributed by atoms with Gasteiger partial charge in [-0.15, -0.1) is 0 Å². The average molecular weight is 250 g/mol. The monoisotopic (exact) mass is 250 g/mol. The lowest BCUT2D eigenvalue weighted by molar-refractivity contribution is -0.142. The Kier molecular flexibility index (Phi) is 8.28. The van der Waals surface area contributed by atoms with Gasteiger partial charge in [-0.2, -0.15) is 0 Å². The molecule has 0 N–H and O–H groups in total. The molecule has 1 heterocycles. The minimum absolute atomic E-state index is 0.0922. The van der Waals surface area contributed by atoms with Crippen molar-refractivity contribution in [2.24, 2.45) is 5.92 Å². The lowest BCUT2D eigenvalue weighted by Crippen LogP contribution is -2.07. The molecule has 0 saturated carbocycles. The van der Waals surface area contributed by atoms with Crippen LogP contribution in [0.25, 0.3) is 0 Å². The van der Waals surface area contributed by atoms with Crippen molar-refractivity contribution in [1.82, 2.24) is 0 Å². The van der Waals surface area contributed by atoms with E-state index in [-0.39, 0.29) is 5.97 Å². The number of ether oxygens (including phenoxy) is 1. The van der Waals surface area contributed by atoms with Crippen molar-refractivity contribution < 1.29 is 9.53 Å².